The number of pyridine rings is 1. The van der Waals surface area contributed by atoms with Crippen LogP contribution in [0, 0.1) is 12.3 Å². The molecule has 0 atom stereocenters. The van der Waals surface area contributed by atoms with E-state index in [2.05, 4.69) is 48.3 Å². The number of rotatable bonds is 2. The van der Waals surface area contributed by atoms with E-state index < -0.39 is 0 Å². The molecular weight excluding hydrogens is 236 g/mol. The zero-order chi connectivity index (χ0) is 13.5. The first kappa shape index (κ1) is 12.5. The molecule has 0 unspecified atom stereocenters. The van der Waals surface area contributed by atoms with Crippen molar-refractivity contribution < 1.29 is 0 Å². The Balaban J connectivity index is 1.72. The Kier molecular flexibility index (Phi) is 2.96. The Morgan fingerprint density at radius 2 is 2.05 bits per heavy atom. The molecule has 102 valence electrons. The molecule has 0 amide bonds. The Morgan fingerprint density at radius 1 is 1.32 bits per heavy atom. The molecule has 1 fully saturated rings. The summed E-state index contributed by atoms with van der Waals surface area (Å²) in [5, 5.41) is 7.96. The number of nitrogens with zero attached hydrogens (tertiary/aromatic N) is 3. The molecule has 2 heterocycles. The number of anilines is 1. The van der Waals surface area contributed by atoms with Gasteiger partial charge in [-0.2, -0.15) is 4.98 Å². The fraction of sp³-hybridized carbons (Fsp3) is 0.600. The molecule has 4 nitrogen and oxygen atoms in total. The molecule has 1 aliphatic carbocycles. The van der Waals surface area contributed by atoms with Crippen molar-refractivity contribution in [1.82, 2.24) is 14.6 Å². The van der Waals surface area contributed by atoms with Crippen LogP contribution in [0.2, 0.25) is 0 Å². The molecule has 0 aliphatic heterocycles. The maximum atomic E-state index is 4.54. The van der Waals surface area contributed by atoms with Crippen molar-refractivity contribution in [2.75, 3.05) is 5.32 Å². The number of aromatic nitrogens is 3. The number of nitrogens with one attached hydrogen (secondary N) is 1. The summed E-state index contributed by atoms with van der Waals surface area (Å²) in [7, 11) is 0. The maximum absolute atomic E-state index is 4.54. The maximum Gasteiger partial charge on any atom is 0.243 e. The summed E-state index contributed by atoms with van der Waals surface area (Å²) in [6.07, 6.45) is 6.93. The van der Waals surface area contributed by atoms with Gasteiger partial charge in [0.2, 0.25) is 5.95 Å². The standard InChI is InChI=1S/C15H22N4/c1-11-6-9-19-13(10-11)17-14(18-19)16-12-4-7-15(2,3)8-5-12/h6,9-10,12H,4-5,7-8H2,1-3H3,(H,16,18). The molecule has 0 aromatic carbocycles. The number of hydrogen-bond acceptors (Lipinski definition) is 3. The topological polar surface area (TPSA) is 42.2 Å². The van der Waals surface area contributed by atoms with E-state index in [0.29, 0.717) is 11.5 Å². The average molecular weight is 258 g/mol. The van der Waals surface area contributed by atoms with Crippen LogP contribution in [0.15, 0.2) is 18.3 Å². The molecule has 19 heavy (non-hydrogen) atoms. The van der Waals surface area contributed by atoms with Crippen LogP contribution in [0.1, 0.15) is 45.1 Å². The summed E-state index contributed by atoms with van der Waals surface area (Å²) in [6, 6.07) is 4.63. The van der Waals surface area contributed by atoms with Crippen LogP contribution in [-0.2, 0) is 0 Å². The lowest BCUT2D eigenvalue weighted by molar-refractivity contribution is 0.232. The highest BCUT2D eigenvalue weighted by molar-refractivity contribution is 5.45. The van der Waals surface area contributed by atoms with Gasteiger partial charge in [0.25, 0.3) is 0 Å². The normalized spacial score (nSPS) is 19.7. The van der Waals surface area contributed by atoms with E-state index in [9.17, 15) is 0 Å². The smallest absolute Gasteiger partial charge is 0.243 e. The quantitative estimate of drug-likeness (QED) is 0.897. The molecule has 1 saturated carbocycles. The largest absolute Gasteiger partial charge is 0.350 e. The van der Waals surface area contributed by atoms with E-state index in [0.717, 1.165) is 11.6 Å². The first-order valence-electron chi connectivity index (χ1n) is 7.11. The van der Waals surface area contributed by atoms with Crippen LogP contribution in [0.25, 0.3) is 5.65 Å². The fourth-order valence-corrected chi connectivity index (χ4v) is 2.77. The predicted molar refractivity (Wildman–Crippen MR) is 77.4 cm³/mol. The highest BCUT2D eigenvalue weighted by Crippen LogP contribution is 2.35. The van der Waals surface area contributed by atoms with Crippen molar-refractivity contribution in [3.8, 4) is 0 Å². The molecule has 2 aromatic heterocycles. The minimum absolute atomic E-state index is 0.502. The van der Waals surface area contributed by atoms with Gasteiger partial charge in [0.15, 0.2) is 5.65 Å². The first-order valence-corrected chi connectivity index (χ1v) is 7.11. The highest BCUT2D eigenvalue weighted by atomic mass is 15.3. The molecule has 0 spiro atoms. The molecule has 0 saturated heterocycles. The van der Waals surface area contributed by atoms with Gasteiger partial charge in [-0.25, -0.2) is 4.52 Å². The summed E-state index contributed by atoms with van der Waals surface area (Å²) in [6.45, 7) is 6.79. The minimum atomic E-state index is 0.502. The number of hydrogen-bond donors (Lipinski definition) is 1. The molecule has 2 aromatic rings. The lowest BCUT2D eigenvalue weighted by Gasteiger charge is -2.34. The average Bonchev–Trinajstić information content (AvgIpc) is 2.73. The van der Waals surface area contributed by atoms with Crippen LogP contribution >= 0.6 is 0 Å². The van der Waals surface area contributed by atoms with E-state index in [1.165, 1.54) is 31.2 Å². The van der Waals surface area contributed by atoms with E-state index in [-0.39, 0.29) is 0 Å². The van der Waals surface area contributed by atoms with Gasteiger partial charge >= 0.3 is 0 Å². The van der Waals surface area contributed by atoms with Crippen molar-refractivity contribution >= 4 is 11.6 Å². The Bertz CT molecular complexity index is 575. The molecule has 3 rings (SSSR count). The lowest BCUT2D eigenvalue weighted by Crippen LogP contribution is -2.30. The summed E-state index contributed by atoms with van der Waals surface area (Å²) in [5.74, 6) is 0.760. The molecular formula is C15H22N4. The fourth-order valence-electron chi connectivity index (χ4n) is 2.77. The van der Waals surface area contributed by atoms with Gasteiger partial charge in [-0.1, -0.05) is 13.8 Å². The Labute approximate surface area is 114 Å². The van der Waals surface area contributed by atoms with Crippen LogP contribution in [0.3, 0.4) is 0 Å². The third-order valence-electron chi connectivity index (χ3n) is 4.17. The van der Waals surface area contributed by atoms with E-state index in [4.69, 9.17) is 0 Å². The van der Waals surface area contributed by atoms with Crippen molar-refractivity contribution in [2.24, 2.45) is 5.41 Å². The molecule has 0 bridgehead atoms. The minimum Gasteiger partial charge on any atom is -0.350 e. The molecule has 1 N–H and O–H groups in total. The van der Waals surface area contributed by atoms with Gasteiger partial charge in [-0.05, 0) is 55.7 Å². The zero-order valence-electron chi connectivity index (χ0n) is 12.0. The van der Waals surface area contributed by atoms with Crippen LogP contribution < -0.4 is 5.32 Å². The van der Waals surface area contributed by atoms with Gasteiger partial charge in [-0.3, -0.25) is 0 Å². The SMILES string of the molecule is Cc1ccn2nc(NC3CCC(C)(C)CC3)nc2c1. The van der Waals surface area contributed by atoms with E-state index in [1.54, 1.807) is 0 Å². The number of aryl methyl sites for hydroxylation is 1. The Morgan fingerprint density at radius 3 is 2.79 bits per heavy atom. The van der Waals surface area contributed by atoms with Crippen molar-refractivity contribution in [1.29, 1.82) is 0 Å². The van der Waals surface area contributed by atoms with Gasteiger partial charge < -0.3 is 5.32 Å². The van der Waals surface area contributed by atoms with Crippen molar-refractivity contribution in [3.05, 3.63) is 23.9 Å². The van der Waals surface area contributed by atoms with Crippen LogP contribution in [0.5, 0.6) is 0 Å². The molecule has 0 radical (unpaired) electrons. The van der Waals surface area contributed by atoms with Gasteiger partial charge in [-0.15, -0.1) is 5.10 Å². The van der Waals surface area contributed by atoms with E-state index >= 15 is 0 Å². The Hall–Kier alpha value is -1.58. The van der Waals surface area contributed by atoms with Gasteiger partial charge in [0, 0.05) is 12.2 Å². The third-order valence-corrected chi connectivity index (χ3v) is 4.17. The summed E-state index contributed by atoms with van der Waals surface area (Å²) < 4.78 is 1.84. The van der Waals surface area contributed by atoms with Crippen molar-refractivity contribution in [2.45, 2.75) is 52.5 Å². The van der Waals surface area contributed by atoms with E-state index in [1.807, 2.05) is 10.7 Å². The van der Waals surface area contributed by atoms with Crippen molar-refractivity contribution in [3.63, 3.8) is 0 Å². The first-order chi connectivity index (χ1) is 9.02. The van der Waals surface area contributed by atoms with Crippen LogP contribution in [-0.4, -0.2) is 20.6 Å². The lowest BCUT2D eigenvalue weighted by atomic mass is 9.76. The summed E-state index contributed by atoms with van der Waals surface area (Å²) >= 11 is 0. The second-order valence-electron chi connectivity index (χ2n) is 6.53. The second-order valence-corrected chi connectivity index (χ2v) is 6.53. The monoisotopic (exact) mass is 258 g/mol. The molecule has 1 aliphatic rings. The van der Waals surface area contributed by atoms with Gasteiger partial charge in [0.05, 0.1) is 0 Å². The summed E-state index contributed by atoms with van der Waals surface area (Å²) in [4.78, 5) is 4.54. The second kappa shape index (κ2) is 4.51. The summed E-state index contributed by atoms with van der Waals surface area (Å²) in [5.41, 5.74) is 2.63. The third kappa shape index (κ3) is 2.72. The predicted octanol–water partition coefficient (Wildman–Crippen LogP) is 3.42. The number of fused-ring (bicyclic) bond motifs is 1. The highest BCUT2D eigenvalue weighted by Gasteiger charge is 2.27. The zero-order valence-corrected chi connectivity index (χ0v) is 12.0. The van der Waals surface area contributed by atoms with Crippen LogP contribution in [0.4, 0.5) is 5.95 Å². The molecule has 4 heteroatoms. The van der Waals surface area contributed by atoms with Gasteiger partial charge in [0.1, 0.15) is 0 Å².